The van der Waals surface area contributed by atoms with Crippen molar-refractivity contribution in [1.29, 1.82) is 0 Å². The van der Waals surface area contributed by atoms with Gasteiger partial charge in [-0.15, -0.1) is 0 Å². The molecular formula is C32H33F6N5O4. The predicted octanol–water partition coefficient (Wildman–Crippen LogP) is 5.76. The number of carbonyl (C=O) groups is 2. The van der Waals surface area contributed by atoms with Crippen molar-refractivity contribution in [2.75, 3.05) is 56.6 Å². The van der Waals surface area contributed by atoms with Crippen LogP contribution in [0.4, 0.5) is 37.8 Å². The van der Waals surface area contributed by atoms with Crippen LogP contribution in [0.1, 0.15) is 34.3 Å². The number of carbonyl (C=O) groups excluding carboxylic acids is 1. The van der Waals surface area contributed by atoms with Gasteiger partial charge in [-0.25, -0.2) is 4.98 Å². The number of halogens is 6. The molecule has 1 atom stereocenters. The minimum Gasteiger partial charge on any atom is -0.496 e. The van der Waals surface area contributed by atoms with Crippen molar-refractivity contribution in [2.45, 2.75) is 37.8 Å². The molecule has 0 bridgehead atoms. The maximum absolute atomic E-state index is 13.8. The van der Waals surface area contributed by atoms with E-state index in [4.69, 9.17) is 9.84 Å². The fourth-order valence-corrected chi connectivity index (χ4v) is 6.02. The smallest absolute Gasteiger partial charge is 0.419 e. The summed E-state index contributed by atoms with van der Waals surface area (Å²) in [5, 5.41) is 11.7. The summed E-state index contributed by atoms with van der Waals surface area (Å²) in [5.41, 5.74) is 1.07. The Bertz CT molecular complexity index is 1590. The zero-order valence-electron chi connectivity index (χ0n) is 25.4. The molecule has 2 aliphatic rings. The number of pyridine rings is 1. The first-order valence-electron chi connectivity index (χ1n) is 14.9. The third-order valence-electron chi connectivity index (χ3n) is 8.39. The van der Waals surface area contributed by atoms with Gasteiger partial charge in [0, 0.05) is 55.7 Å². The number of hydrogen-bond acceptors (Lipinski definition) is 7. The molecule has 0 spiro atoms. The van der Waals surface area contributed by atoms with E-state index in [1.54, 1.807) is 24.3 Å². The van der Waals surface area contributed by atoms with Gasteiger partial charge in [-0.3, -0.25) is 19.4 Å². The molecular weight excluding hydrogens is 632 g/mol. The molecule has 0 unspecified atom stereocenters. The Morgan fingerprint density at radius 1 is 0.979 bits per heavy atom. The van der Waals surface area contributed by atoms with Crippen LogP contribution in [-0.4, -0.2) is 90.4 Å². The Labute approximate surface area is 266 Å². The lowest BCUT2D eigenvalue weighted by molar-refractivity contribution is -0.177. The summed E-state index contributed by atoms with van der Waals surface area (Å²) in [6.45, 7) is 2.37. The molecule has 0 aliphatic carbocycles. The minimum atomic E-state index is -4.68. The number of anilines is 2. The van der Waals surface area contributed by atoms with E-state index in [-0.39, 0.29) is 37.4 Å². The molecule has 2 fully saturated rings. The van der Waals surface area contributed by atoms with Gasteiger partial charge in [0.2, 0.25) is 0 Å². The Hall–Kier alpha value is -4.37. The van der Waals surface area contributed by atoms with Crippen molar-refractivity contribution < 1.29 is 45.8 Å². The molecule has 2 aromatic carbocycles. The summed E-state index contributed by atoms with van der Waals surface area (Å²) in [6.07, 6.45) is -7.56. The van der Waals surface area contributed by atoms with E-state index in [1.165, 1.54) is 29.3 Å². The second-order valence-electron chi connectivity index (χ2n) is 11.5. The van der Waals surface area contributed by atoms with E-state index < -0.39 is 41.6 Å². The average Bonchev–Trinajstić information content (AvgIpc) is 3.50. The van der Waals surface area contributed by atoms with Crippen LogP contribution in [0, 0.1) is 0 Å². The third kappa shape index (κ3) is 8.14. The van der Waals surface area contributed by atoms with E-state index in [2.05, 4.69) is 15.2 Å². The standard InChI is InChI=1S/C32H33F6N5O4/c1-47-26-15-21(6-9-25(26)31(33,34)35)24-17-39-28(16-22(24)18-43-10-2-3-27(43)32(36,37)38)40-30(46)20-4-7-23(8-5-20)42-13-11-41(12-14-42)19-29(44)45/h4-9,15-17,27H,2-3,10-14,18-19H2,1H3,(H,44,45)(H,39,40,46)/t27-/m0/s1. The van der Waals surface area contributed by atoms with Crippen LogP contribution in [0.3, 0.4) is 0 Å². The Kier molecular flexibility index (Phi) is 9.96. The van der Waals surface area contributed by atoms with Gasteiger partial charge in [0.25, 0.3) is 5.91 Å². The number of aromatic nitrogens is 1. The molecule has 3 aromatic rings. The SMILES string of the molecule is COc1cc(-c2cnc(NC(=O)c3ccc(N4CCN(CC(=O)O)CC4)cc3)cc2CN2CCC[C@H]2C(F)(F)F)ccc1C(F)(F)F. The number of methoxy groups -OCH3 is 1. The van der Waals surface area contributed by atoms with Crippen molar-refractivity contribution in [2.24, 2.45) is 0 Å². The van der Waals surface area contributed by atoms with Crippen LogP contribution in [0.25, 0.3) is 11.1 Å². The first-order valence-corrected chi connectivity index (χ1v) is 14.9. The number of carboxylic acid groups (broad SMARTS) is 1. The van der Waals surface area contributed by atoms with Gasteiger partial charge in [-0.2, -0.15) is 26.3 Å². The zero-order chi connectivity index (χ0) is 33.9. The number of nitrogens with one attached hydrogen (secondary N) is 1. The van der Waals surface area contributed by atoms with Crippen molar-refractivity contribution in [1.82, 2.24) is 14.8 Å². The lowest BCUT2D eigenvalue weighted by Crippen LogP contribution is -2.47. The number of benzene rings is 2. The first kappa shape index (κ1) is 34.0. The molecule has 1 amide bonds. The number of likely N-dealkylation sites (tertiary alicyclic amines) is 1. The summed E-state index contributed by atoms with van der Waals surface area (Å²) < 4.78 is 86.8. The van der Waals surface area contributed by atoms with Gasteiger partial charge >= 0.3 is 18.3 Å². The molecule has 2 N–H and O–H groups in total. The van der Waals surface area contributed by atoms with Crippen LogP contribution in [-0.2, 0) is 17.5 Å². The van der Waals surface area contributed by atoms with E-state index in [9.17, 15) is 35.9 Å². The normalized spacial score (nSPS) is 17.9. The summed E-state index contributed by atoms with van der Waals surface area (Å²) in [5.74, 6) is -1.78. The number of hydrogen-bond donors (Lipinski definition) is 2. The minimum absolute atomic E-state index is 0.0247. The number of ether oxygens (including phenoxy) is 1. The molecule has 3 heterocycles. The molecule has 5 rings (SSSR count). The Morgan fingerprint density at radius 3 is 2.30 bits per heavy atom. The van der Waals surface area contributed by atoms with Crippen LogP contribution in [0.2, 0.25) is 0 Å². The van der Waals surface area contributed by atoms with Gasteiger partial charge < -0.3 is 20.1 Å². The van der Waals surface area contributed by atoms with Gasteiger partial charge in [0.15, 0.2) is 0 Å². The van der Waals surface area contributed by atoms with Crippen molar-refractivity contribution in [3.8, 4) is 16.9 Å². The quantitative estimate of drug-likeness (QED) is 0.279. The number of carboxylic acids is 1. The van der Waals surface area contributed by atoms with Crippen LogP contribution >= 0.6 is 0 Å². The summed E-state index contributed by atoms with van der Waals surface area (Å²) >= 11 is 0. The molecule has 0 radical (unpaired) electrons. The van der Waals surface area contributed by atoms with E-state index in [0.717, 1.165) is 18.9 Å². The second kappa shape index (κ2) is 13.8. The van der Waals surface area contributed by atoms with Gasteiger partial charge in [0.05, 0.1) is 19.2 Å². The monoisotopic (exact) mass is 665 g/mol. The van der Waals surface area contributed by atoms with Gasteiger partial charge in [-0.1, -0.05) is 6.07 Å². The second-order valence-corrected chi connectivity index (χ2v) is 11.5. The van der Waals surface area contributed by atoms with Crippen molar-refractivity contribution in [3.05, 3.63) is 71.4 Å². The number of alkyl halides is 6. The summed E-state index contributed by atoms with van der Waals surface area (Å²) in [4.78, 5) is 33.6. The van der Waals surface area contributed by atoms with E-state index >= 15 is 0 Å². The fraction of sp³-hybridized carbons (Fsp3) is 0.406. The average molecular weight is 666 g/mol. The highest BCUT2D eigenvalue weighted by molar-refractivity contribution is 6.04. The number of rotatable bonds is 9. The Balaban J connectivity index is 1.37. The highest BCUT2D eigenvalue weighted by Crippen LogP contribution is 2.40. The summed E-state index contributed by atoms with van der Waals surface area (Å²) in [7, 11) is 1.10. The van der Waals surface area contributed by atoms with E-state index in [0.29, 0.717) is 49.3 Å². The van der Waals surface area contributed by atoms with Gasteiger partial charge in [0.1, 0.15) is 17.6 Å². The number of aliphatic carboxylic acids is 1. The van der Waals surface area contributed by atoms with Crippen LogP contribution < -0.4 is 15.0 Å². The fourth-order valence-electron chi connectivity index (χ4n) is 6.02. The maximum atomic E-state index is 13.8. The molecule has 15 heteroatoms. The number of nitrogens with zero attached hydrogens (tertiary/aromatic N) is 4. The van der Waals surface area contributed by atoms with E-state index in [1.807, 2.05) is 4.90 Å². The molecule has 252 valence electrons. The van der Waals surface area contributed by atoms with Crippen LogP contribution in [0.5, 0.6) is 5.75 Å². The maximum Gasteiger partial charge on any atom is 0.419 e. The topological polar surface area (TPSA) is 98.2 Å². The first-order chi connectivity index (χ1) is 22.2. The third-order valence-corrected chi connectivity index (χ3v) is 8.39. The molecule has 2 aliphatic heterocycles. The Morgan fingerprint density at radius 2 is 1.68 bits per heavy atom. The molecule has 2 saturated heterocycles. The molecule has 0 saturated carbocycles. The van der Waals surface area contributed by atoms with Crippen molar-refractivity contribution in [3.63, 3.8) is 0 Å². The zero-order valence-corrected chi connectivity index (χ0v) is 25.4. The lowest BCUT2D eigenvalue weighted by atomic mass is 9.99. The molecule has 47 heavy (non-hydrogen) atoms. The predicted molar refractivity (Wildman–Crippen MR) is 161 cm³/mol. The largest absolute Gasteiger partial charge is 0.496 e. The summed E-state index contributed by atoms with van der Waals surface area (Å²) in [6, 6.07) is 9.77. The highest BCUT2D eigenvalue weighted by atomic mass is 19.4. The van der Waals surface area contributed by atoms with Crippen molar-refractivity contribution >= 4 is 23.4 Å². The number of piperazine rings is 1. The lowest BCUT2D eigenvalue weighted by Gasteiger charge is -2.35. The van der Waals surface area contributed by atoms with Crippen LogP contribution in [0.15, 0.2) is 54.7 Å². The number of amides is 1. The highest BCUT2D eigenvalue weighted by Gasteiger charge is 2.46. The van der Waals surface area contributed by atoms with Gasteiger partial charge in [-0.05, 0) is 73.0 Å². The molecule has 1 aromatic heterocycles. The molecule has 9 nitrogen and oxygen atoms in total.